The van der Waals surface area contributed by atoms with Crippen LogP contribution in [0.2, 0.25) is 0 Å². The zero-order valence-corrected chi connectivity index (χ0v) is 19.6. The Kier molecular flexibility index (Phi) is 6.70. The van der Waals surface area contributed by atoms with Crippen molar-refractivity contribution in [2.45, 2.75) is 30.5 Å². The molecule has 0 radical (unpaired) electrons. The van der Waals surface area contributed by atoms with Crippen molar-refractivity contribution in [3.05, 3.63) is 65.2 Å². The number of nitrogens with one attached hydrogen (secondary N) is 2. The molecule has 0 atom stereocenters. The van der Waals surface area contributed by atoms with Crippen molar-refractivity contribution in [1.82, 2.24) is 15.1 Å². The van der Waals surface area contributed by atoms with E-state index in [9.17, 15) is 18.0 Å². The molecule has 0 saturated carbocycles. The van der Waals surface area contributed by atoms with E-state index in [2.05, 4.69) is 20.2 Å². The molecule has 33 heavy (non-hydrogen) atoms. The maximum absolute atomic E-state index is 12.9. The van der Waals surface area contributed by atoms with Crippen molar-refractivity contribution in [3.63, 3.8) is 0 Å². The van der Waals surface area contributed by atoms with Gasteiger partial charge in [-0.3, -0.25) is 19.6 Å². The number of nitrogens with zero attached hydrogens (tertiary/aromatic N) is 3. The average Bonchev–Trinajstić information content (AvgIpc) is 3.29. The molecule has 0 aliphatic carbocycles. The summed E-state index contributed by atoms with van der Waals surface area (Å²) in [4.78, 5) is 27.0. The van der Waals surface area contributed by atoms with E-state index < -0.39 is 15.9 Å². The van der Waals surface area contributed by atoms with Crippen LogP contribution >= 0.6 is 11.3 Å². The van der Waals surface area contributed by atoms with Crippen LogP contribution in [-0.4, -0.2) is 48.4 Å². The van der Waals surface area contributed by atoms with E-state index >= 15 is 0 Å². The van der Waals surface area contributed by atoms with Crippen LogP contribution in [0, 0.1) is 6.92 Å². The predicted molar refractivity (Wildman–Crippen MR) is 126 cm³/mol. The van der Waals surface area contributed by atoms with E-state index in [0.29, 0.717) is 18.7 Å². The highest BCUT2D eigenvalue weighted by Gasteiger charge is 2.26. The molecular weight excluding hydrogens is 462 g/mol. The zero-order chi connectivity index (χ0) is 23.4. The van der Waals surface area contributed by atoms with Crippen LogP contribution < -0.4 is 10.0 Å². The van der Waals surface area contributed by atoms with Crippen LogP contribution in [0.15, 0.2) is 52.9 Å². The molecule has 4 rings (SSSR count). The first-order valence-electron chi connectivity index (χ1n) is 10.5. The molecule has 1 aromatic heterocycles. The van der Waals surface area contributed by atoms with E-state index in [-0.39, 0.29) is 26.6 Å². The van der Waals surface area contributed by atoms with Gasteiger partial charge in [-0.15, -0.1) is 10.2 Å². The van der Waals surface area contributed by atoms with Gasteiger partial charge in [-0.05, 0) is 50.5 Å². The number of carbonyl (C=O) groups is 2. The first-order chi connectivity index (χ1) is 15.8. The molecule has 1 saturated heterocycles. The number of aromatic nitrogens is 2. The van der Waals surface area contributed by atoms with Crippen LogP contribution in [0.1, 0.15) is 45.5 Å². The number of amides is 2. The standard InChI is InChI=1S/C22H23N5O4S2/c1-15-9-11-16(12-10-15)19(28)23-21-24-25-22(32-21)33(30,31)26-18-8-4-3-7-17(18)20(29)27-13-5-2-6-14-27/h3-4,7-12,26H,2,5-6,13-14H2,1H3,(H,23,24,28). The Morgan fingerprint density at radius 2 is 1.67 bits per heavy atom. The summed E-state index contributed by atoms with van der Waals surface area (Å²) in [7, 11) is -4.11. The van der Waals surface area contributed by atoms with E-state index in [1.54, 1.807) is 47.4 Å². The SMILES string of the molecule is Cc1ccc(C(=O)Nc2nnc(S(=O)(=O)Nc3ccccc3C(=O)N3CCCCC3)s2)cc1. The second-order valence-electron chi connectivity index (χ2n) is 7.70. The van der Waals surface area contributed by atoms with Gasteiger partial charge in [0.2, 0.25) is 5.13 Å². The molecule has 1 fully saturated rings. The van der Waals surface area contributed by atoms with Gasteiger partial charge in [-0.1, -0.05) is 41.2 Å². The molecule has 3 aromatic rings. The number of piperidine rings is 1. The van der Waals surface area contributed by atoms with Crippen LogP contribution in [0.4, 0.5) is 10.8 Å². The Bertz CT molecular complexity index is 1270. The summed E-state index contributed by atoms with van der Waals surface area (Å²) in [5.41, 5.74) is 1.89. The summed E-state index contributed by atoms with van der Waals surface area (Å²) in [6.45, 7) is 3.22. The topological polar surface area (TPSA) is 121 Å². The average molecular weight is 486 g/mol. The molecule has 2 heterocycles. The number of para-hydroxylation sites is 1. The van der Waals surface area contributed by atoms with Gasteiger partial charge in [0.15, 0.2) is 0 Å². The monoisotopic (exact) mass is 485 g/mol. The Labute approximate surface area is 195 Å². The minimum absolute atomic E-state index is 0.0543. The van der Waals surface area contributed by atoms with E-state index in [0.717, 1.165) is 36.2 Å². The fourth-order valence-corrected chi connectivity index (χ4v) is 5.43. The summed E-state index contributed by atoms with van der Waals surface area (Å²) in [5.74, 6) is -0.628. The van der Waals surface area contributed by atoms with Crippen molar-refractivity contribution in [2.75, 3.05) is 23.1 Å². The number of hydrogen-bond donors (Lipinski definition) is 2. The van der Waals surface area contributed by atoms with Crippen molar-refractivity contribution in [3.8, 4) is 0 Å². The minimum atomic E-state index is -4.11. The molecule has 2 N–H and O–H groups in total. The molecule has 2 amide bonds. The van der Waals surface area contributed by atoms with Crippen LogP contribution in [0.5, 0.6) is 0 Å². The van der Waals surface area contributed by atoms with Gasteiger partial charge in [0.05, 0.1) is 11.3 Å². The van der Waals surface area contributed by atoms with Crippen LogP contribution in [-0.2, 0) is 10.0 Å². The molecule has 2 aromatic carbocycles. The number of hydrogen-bond acceptors (Lipinski definition) is 7. The quantitative estimate of drug-likeness (QED) is 0.515. The summed E-state index contributed by atoms with van der Waals surface area (Å²) in [6.07, 6.45) is 2.95. The normalized spacial score (nSPS) is 14.0. The highest BCUT2D eigenvalue weighted by Crippen LogP contribution is 2.26. The van der Waals surface area contributed by atoms with Gasteiger partial charge in [-0.25, -0.2) is 0 Å². The lowest BCUT2D eigenvalue weighted by molar-refractivity contribution is 0.0725. The minimum Gasteiger partial charge on any atom is -0.339 e. The number of benzene rings is 2. The summed E-state index contributed by atoms with van der Waals surface area (Å²) < 4.78 is 28.0. The highest BCUT2D eigenvalue weighted by molar-refractivity contribution is 7.94. The van der Waals surface area contributed by atoms with Gasteiger partial charge in [0.1, 0.15) is 0 Å². The fraction of sp³-hybridized carbons (Fsp3) is 0.273. The lowest BCUT2D eigenvalue weighted by Gasteiger charge is -2.27. The maximum Gasteiger partial charge on any atom is 0.291 e. The van der Waals surface area contributed by atoms with Crippen molar-refractivity contribution >= 4 is 44.0 Å². The second-order valence-corrected chi connectivity index (χ2v) is 10.5. The molecule has 0 spiro atoms. The molecule has 0 bridgehead atoms. The Morgan fingerprint density at radius 3 is 2.39 bits per heavy atom. The zero-order valence-electron chi connectivity index (χ0n) is 17.9. The molecule has 11 heteroatoms. The van der Waals surface area contributed by atoms with Crippen molar-refractivity contribution in [2.24, 2.45) is 0 Å². The van der Waals surface area contributed by atoms with Gasteiger partial charge >= 0.3 is 0 Å². The van der Waals surface area contributed by atoms with Gasteiger partial charge in [-0.2, -0.15) is 8.42 Å². The lowest BCUT2D eigenvalue weighted by atomic mass is 10.1. The van der Waals surface area contributed by atoms with Gasteiger partial charge < -0.3 is 4.90 Å². The van der Waals surface area contributed by atoms with E-state index in [1.807, 2.05) is 6.92 Å². The van der Waals surface area contributed by atoms with Gasteiger partial charge in [0.25, 0.3) is 26.2 Å². The first-order valence-corrected chi connectivity index (χ1v) is 12.8. The largest absolute Gasteiger partial charge is 0.339 e. The van der Waals surface area contributed by atoms with E-state index in [1.165, 1.54) is 6.07 Å². The van der Waals surface area contributed by atoms with Gasteiger partial charge in [0, 0.05) is 18.7 Å². The molecular formula is C22H23N5O4S2. The van der Waals surface area contributed by atoms with Crippen molar-refractivity contribution in [1.29, 1.82) is 0 Å². The molecule has 1 aliphatic rings. The van der Waals surface area contributed by atoms with Crippen LogP contribution in [0.25, 0.3) is 0 Å². The third kappa shape index (κ3) is 5.37. The lowest BCUT2D eigenvalue weighted by Crippen LogP contribution is -2.36. The molecule has 1 aliphatic heterocycles. The number of likely N-dealkylation sites (tertiary alicyclic amines) is 1. The Morgan fingerprint density at radius 1 is 0.970 bits per heavy atom. The number of rotatable bonds is 6. The number of carbonyl (C=O) groups excluding carboxylic acids is 2. The number of anilines is 2. The summed E-state index contributed by atoms with van der Waals surface area (Å²) in [5, 5.41) is 10.1. The van der Waals surface area contributed by atoms with E-state index in [4.69, 9.17) is 0 Å². The Balaban J connectivity index is 1.50. The first kappa shape index (κ1) is 22.9. The summed E-state index contributed by atoms with van der Waals surface area (Å²) in [6, 6.07) is 13.4. The second kappa shape index (κ2) is 9.67. The van der Waals surface area contributed by atoms with Crippen LogP contribution in [0.3, 0.4) is 0 Å². The summed E-state index contributed by atoms with van der Waals surface area (Å²) >= 11 is 0.728. The third-order valence-electron chi connectivity index (χ3n) is 5.22. The number of aryl methyl sites for hydroxylation is 1. The molecule has 0 unspecified atom stereocenters. The molecule has 172 valence electrons. The molecule has 9 nitrogen and oxygen atoms in total. The smallest absolute Gasteiger partial charge is 0.291 e. The number of sulfonamides is 1. The van der Waals surface area contributed by atoms with Crippen molar-refractivity contribution < 1.29 is 18.0 Å². The highest BCUT2D eigenvalue weighted by atomic mass is 32.2. The predicted octanol–water partition coefficient (Wildman–Crippen LogP) is 3.53. The maximum atomic E-state index is 12.9. The Hall–Kier alpha value is -3.31. The fourth-order valence-electron chi connectivity index (χ4n) is 3.46. The third-order valence-corrected chi connectivity index (χ3v) is 7.79.